The van der Waals surface area contributed by atoms with Crippen molar-refractivity contribution in [1.82, 2.24) is 4.57 Å². The van der Waals surface area contributed by atoms with E-state index < -0.39 is 16.2 Å². The number of hydrogen-bond acceptors (Lipinski definition) is 2. The first-order chi connectivity index (χ1) is 54.1. The average Bonchev–Trinajstić information content (AvgIpc) is 1.52. The van der Waals surface area contributed by atoms with E-state index in [2.05, 4.69) is 390 Å². The number of hydrogen-bond donors (Lipinski definition) is 0. The molecule has 0 saturated heterocycles. The van der Waals surface area contributed by atoms with E-state index in [9.17, 15) is 0 Å². The molecule has 6 aliphatic carbocycles. The molecule has 2 aliphatic heterocycles. The third kappa shape index (κ3) is 6.92. The lowest BCUT2D eigenvalue weighted by atomic mass is 9.33. The molecule has 109 heavy (non-hydrogen) atoms. The van der Waals surface area contributed by atoms with Gasteiger partial charge in [-0.1, -0.05) is 328 Å². The van der Waals surface area contributed by atoms with Crippen LogP contribution in [0, 0.1) is 0 Å². The minimum atomic E-state index is -0.633. The second kappa shape index (κ2) is 20.8. The van der Waals surface area contributed by atoms with Crippen molar-refractivity contribution < 1.29 is 0 Å². The van der Waals surface area contributed by atoms with Crippen molar-refractivity contribution in [2.75, 3.05) is 9.80 Å². The molecule has 4 heteroatoms. The predicted molar refractivity (Wildman–Crippen MR) is 449 cm³/mol. The fourth-order valence-electron chi connectivity index (χ4n) is 22.9. The SMILES string of the molecule is c1ccc(-c2ccc3c(c2)B2c4cc5c(cc4N(c4cccc6c4-c4ccccc4C64c6ccccc6-c6ccccc64)c4cc(-n6c7ccccc7c7ccccc76)cc(c42)N3c2cccc3c2-c2ccccc2C32c3ccccc3-c3ccccc32)C2(c3ccccc3-c3ccccc32)c2ccccc2-5)cc1. The lowest BCUT2D eigenvalue weighted by molar-refractivity contribution is 0.793. The molecule has 1 aromatic heterocycles. The summed E-state index contributed by atoms with van der Waals surface area (Å²) in [5.41, 5.74) is 45.8. The highest BCUT2D eigenvalue weighted by atomic mass is 15.2. The van der Waals surface area contributed by atoms with Gasteiger partial charge in [0.15, 0.2) is 0 Å². The summed E-state index contributed by atoms with van der Waals surface area (Å²) in [6, 6.07) is 146. The van der Waals surface area contributed by atoms with Gasteiger partial charge in [0.1, 0.15) is 0 Å². The van der Waals surface area contributed by atoms with Crippen LogP contribution in [0.2, 0.25) is 0 Å². The molecule has 3 nitrogen and oxygen atoms in total. The van der Waals surface area contributed by atoms with Gasteiger partial charge in [0.05, 0.1) is 44.3 Å². The van der Waals surface area contributed by atoms with Gasteiger partial charge in [-0.25, -0.2) is 0 Å². The van der Waals surface area contributed by atoms with Gasteiger partial charge in [0, 0.05) is 44.6 Å². The zero-order valence-electron chi connectivity index (χ0n) is 59.2. The maximum atomic E-state index is 2.80. The van der Waals surface area contributed by atoms with E-state index in [0.29, 0.717) is 0 Å². The zero-order valence-corrected chi connectivity index (χ0v) is 59.2. The number of rotatable bonds is 4. The summed E-state index contributed by atoms with van der Waals surface area (Å²) in [6.07, 6.45) is 0. The Balaban J connectivity index is 0.846. The van der Waals surface area contributed by atoms with E-state index in [4.69, 9.17) is 0 Å². The molecule has 8 aliphatic rings. The van der Waals surface area contributed by atoms with Gasteiger partial charge in [-0.15, -0.1) is 0 Å². The molecule has 17 aromatic carbocycles. The Morgan fingerprint density at radius 1 is 0.202 bits per heavy atom. The van der Waals surface area contributed by atoms with E-state index in [1.807, 2.05) is 0 Å². The predicted octanol–water partition coefficient (Wildman–Crippen LogP) is 23.6. The van der Waals surface area contributed by atoms with Crippen LogP contribution in [0.15, 0.2) is 376 Å². The first kappa shape index (κ1) is 58.5. The summed E-state index contributed by atoms with van der Waals surface area (Å²) in [7, 11) is 0. The van der Waals surface area contributed by atoms with E-state index in [1.54, 1.807) is 0 Å². The number of benzene rings is 17. The summed E-state index contributed by atoms with van der Waals surface area (Å²) in [5.74, 6) is 0. The minimum absolute atomic E-state index is 0.275. The molecule has 0 atom stereocenters. The van der Waals surface area contributed by atoms with Crippen LogP contribution in [0.25, 0.3) is 105 Å². The Labute approximate surface area is 631 Å². The fraction of sp³-hybridized carbons (Fsp3) is 0.0286. The summed E-state index contributed by atoms with van der Waals surface area (Å²) >= 11 is 0. The monoisotopic (exact) mass is 1380 g/mol. The van der Waals surface area contributed by atoms with Crippen LogP contribution in [0.1, 0.15) is 66.8 Å². The molecule has 0 fully saturated rings. The van der Waals surface area contributed by atoms with Gasteiger partial charge in [-0.3, -0.25) is 0 Å². The lowest BCUT2D eigenvalue weighted by Gasteiger charge is -2.46. The second-order valence-electron chi connectivity index (χ2n) is 31.0. The maximum absolute atomic E-state index is 2.80. The van der Waals surface area contributed by atoms with Crippen molar-refractivity contribution in [1.29, 1.82) is 0 Å². The van der Waals surface area contributed by atoms with Crippen molar-refractivity contribution >= 4 is 79.0 Å². The largest absolute Gasteiger partial charge is 0.311 e. The molecule has 0 saturated carbocycles. The summed E-state index contributed by atoms with van der Waals surface area (Å²) in [5, 5.41) is 2.44. The smallest absolute Gasteiger partial charge is 0.252 e. The van der Waals surface area contributed by atoms with Crippen LogP contribution in [0.4, 0.5) is 34.1 Å². The molecular weight excluding hydrogens is 1310 g/mol. The maximum Gasteiger partial charge on any atom is 0.252 e. The molecule has 0 unspecified atom stereocenters. The van der Waals surface area contributed by atoms with Gasteiger partial charge in [0.2, 0.25) is 0 Å². The van der Waals surface area contributed by atoms with E-state index in [0.717, 1.165) is 45.2 Å². The van der Waals surface area contributed by atoms with Crippen LogP contribution < -0.4 is 26.2 Å². The number of nitrogens with zero attached hydrogens (tertiary/aromatic N) is 3. The average molecular weight is 1380 g/mol. The highest BCUT2D eigenvalue weighted by Crippen LogP contribution is 2.69. The van der Waals surface area contributed by atoms with Crippen molar-refractivity contribution in [2.45, 2.75) is 16.2 Å². The molecule has 0 bridgehead atoms. The first-order valence-corrected chi connectivity index (χ1v) is 38.4. The standard InChI is InChI=1S/C105H62BN3/c1-2-28-63(29-3-1)64-56-57-94-90(58-64)106-91-61-77-72-36-10-21-47-84(72)105(82-45-19-8-34-70(82)71-35-9-20-46-83(71)105)89(77)62-97(91)109(96-55-27-51-88-101(96)76-40-12-23-49-86(76)104(88)80-43-17-6-32-68(80)69-33-7-18-44-81(69)104)99-60-65(107-92-52-24-13-37-73(92)74-38-14-25-53-93(74)107)59-98(102(99)106)108(94)95-54-26-50-87-100(95)75-39-11-22-48-85(75)103(87)78-41-15-4-30-66(78)67-31-5-16-42-79(67)103/h1-62H. The number of para-hydroxylation sites is 2. The van der Waals surface area contributed by atoms with E-state index in [1.165, 1.54) is 177 Å². The van der Waals surface area contributed by atoms with Gasteiger partial charge in [-0.2, -0.15) is 0 Å². The molecule has 3 heterocycles. The Morgan fingerprint density at radius 3 is 0.982 bits per heavy atom. The van der Waals surface area contributed by atoms with Gasteiger partial charge >= 0.3 is 0 Å². The Kier molecular flexibility index (Phi) is 11.2. The van der Waals surface area contributed by atoms with E-state index in [-0.39, 0.29) is 6.71 Å². The molecule has 0 N–H and O–H groups in total. The van der Waals surface area contributed by atoms with E-state index >= 15 is 0 Å². The van der Waals surface area contributed by atoms with Crippen molar-refractivity contribution in [3.05, 3.63) is 443 Å². The minimum Gasteiger partial charge on any atom is -0.311 e. The molecular formula is C105H62BN3. The number of anilines is 6. The topological polar surface area (TPSA) is 11.4 Å². The zero-order chi connectivity index (χ0) is 70.7. The number of fused-ring (bicyclic) bond motifs is 37. The summed E-state index contributed by atoms with van der Waals surface area (Å²) in [4.78, 5) is 5.53. The Morgan fingerprint density at radius 2 is 0.541 bits per heavy atom. The summed E-state index contributed by atoms with van der Waals surface area (Å²) < 4.78 is 2.58. The molecule has 26 rings (SSSR count). The van der Waals surface area contributed by atoms with Crippen LogP contribution >= 0.6 is 0 Å². The molecule has 0 radical (unpaired) electrons. The van der Waals surface area contributed by atoms with Gasteiger partial charge in [0.25, 0.3) is 6.71 Å². The van der Waals surface area contributed by atoms with Crippen molar-refractivity contribution in [3.63, 3.8) is 0 Å². The highest BCUT2D eigenvalue weighted by Gasteiger charge is 2.58. The van der Waals surface area contributed by atoms with Gasteiger partial charge in [-0.05, 0) is 198 Å². The lowest BCUT2D eigenvalue weighted by Crippen LogP contribution is -2.61. The van der Waals surface area contributed by atoms with Crippen LogP contribution in [0.5, 0.6) is 0 Å². The van der Waals surface area contributed by atoms with Crippen LogP contribution in [-0.2, 0) is 16.2 Å². The third-order valence-electron chi connectivity index (χ3n) is 26.6. The molecule has 500 valence electrons. The van der Waals surface area contributed by atoms with Crippen molar-refractivity contribution in [3.8, 4) is 83.6 Å². The number of aromatic nitrogens is 1. The molecule has 0 amide bonds. The normalized spacial score (nSPS) is 15.0. The van der Waals surface area contributed by atoms with Crippen molar-refractivity contribution in [2.24, 2.45) is 0 Å². The summed E-state index contributed by atoms with van der Waals surface area (Å²) in [6.45, 7) is -0.275. The second-order valence-corrected chi connectivity index (χ2v) is 31.0. The highest BCUT2D eigenvalue weighted by molar-refractivity contribution is 7.00. The fourth-order valence-corrected chi connectivity index (χ4v) is 22.9. The quantitative estimate of drug-likeness (QED) is 0.163. The Bertz CT molecular complexity index is 6980. The van der Waals surface area contributed by atoms with Crippen LogP contribution in [0.3, 0.4) is 0 Å². The van der Waals surface area contributed by atoms with Gasteiger partial charge < -0.3 is 14.4 Å². The molecule has 3 spiro atoms. The first-order valence-electron chi connectivity index (χ1n) is 38.4. The van der Waals surface area contributed by atoms with Crippen LogP contribution in [-0.4, -0.2) is 11.3 Å². The molecule has 18 aromatic rings. The Hall–Kier alpha value is -13.8. The third-order valence-corrected chi connectivity index (χ3v) is 26.6.